The first-order valence-electron chi connectivity index (χ1n) is 10.3. The Morgan fingerprint density at radius 1 is 0.857 bits per heavy atom. The van der Waals surface area contributed by atoms with Gasteiger partial charge in [0.2, 0.25) is 0 Å². The van der Waals surface area contributed by atoms with Crippen LogP contribution in [0.3, 0.4) is 0 Å². The summed E-state index contributed by atoms with van der Waals surface area (Å²) in [4.78, 5) is 0. The van der Waals surface area contributed by atoms with Crippen LogP contribution in [0.5, 0.6) is 5.75 Å². The van der Waals surface area contributed by atoms with Gasteiger partial charge in [-0.05, 0) is 67.1 Å². The highest BCUT2D eigenvalue weighted by Crippen LogP contribution is 2.50. The van der Waals surface area contributed by atoms with Gasteiger partial charge in [-0.2, -0.15) is 0 Å². The molecule has 2 fully saturated rings. The highest BCUT2D eigenvalue weighted by Gasteiger charge is 2.39. The second kappa shape index (κ2) is 7.72. The maximum atomic E-state index is 6.58. The molecular formula is C23H24Cl3NO. The van der Waals surface area contributed by atoms with E-state index < -0.39 is 0 Å². The number of hydrogen-bond donors (Lipinski definition) is 1. The molecule has 0 bridgehead atoms. The zero-order chi connectivity index (χ0) is 19.3. The van der Waals surface area contributed by atoms with E-state index in [4.69, 9.17) is 39.5 Å². The van der Waals surface area contributed by atoms with Crippen molar-refractivity contribution in [2.24, 2.45) is 0 Å². The van der Waals surface area contributed by atoms with Crippen LogP contribution in [0.4, 0.5) is 0 Å². The highest BCUT2D eigenvalue weighted by atomic mass is 35.5. The van der Waals surface area contributed by atoms with Gasteiger partial charge >= 0.3 is 0 Å². The Morgan fingerprint density at radius 2 is 1.57 bits per heavy atom. The van der Waals surface area contributed by atoms with Crippen molar-refractivity contribution in [2.45, 2.75) is 56.5 Å². The summed E-state index contributed by atoms with van der Waals surface area (Å²) in [5.41, 5.74) is 4.63. The second-order valence-corrected chi connectivity index (χ2v) is 9.57. The largest absolute Gasteiger partial charge is 0.489 e. The van der Waals surface area contributed by atoms with Gasteiger partial charge in [0.25, 0.3) is 0 Å². The lowest BCUT2D eigenvalue weighted by Gasteiger charge is -2.25. The summed E-state index contributed by atoms with van der Waals surface area (Å²) >= 11 is 19.3. The Kier molecular flexibility index (Phi) is 5.25. The first-order chi connectivity index (χ1) is 13.6. The maximum absolute atomic E-state index is 6.58. The van der Waals surface area contributed by atoms with Crippen LogP contribution in [-0.2, 0) is 0 Å². The van der Waals surface area contributed by atoms with Gasteiger partial charge in [-0.25, -0.2) is 0 Å². The molecule has 3 aliphatic rings. The molecule has 2 heterocycles. The molecule has 1 saturated carbocycles. The summed E-state index contributed by atoms with van der Waals surface area (Å²) in [6, 6.07) is 8.08. The van der Waals surface area contributed by atoms with Crippen LogP contribution in [0.1, 0.15) is 61.5 Å². The van der Waals surface area contributed by atoms with Gasteiger partial charge in [-0.3, -0.25) is 0 Å². The third kappa shape index (κ3) is 3.33. The van der Waals surface area contributed by atoms with E-state index in [9.17, 15) is 0 Å². The van der Waals surface area contributed by atoms with Gasteiger partial charge in [-0.15, -0.1) is 0 Å². The van der Waals surface area contributed by atoms with E-state index >= 15 is 0 Å². The quantitative estimate of drug-likeness (QED) is 0.537. The molecule has 0 spiro atoms. The summed E-state index contributed by atoms with van der Waals surface area (Å²) in [7, 11) is 0. The Labute approximate surface area is 181 Å². The number of hydrogen-bond acceptors (Lipinski definition) is 2. The lowest BCUT2D eigenvalue weighted by atomic mass is 9.80. The third-order valence-corrected chi connectivity index (χ3v) is 7.39. The average molecular weight is 437 g/mol. The zero-order valence-corrected chi connectivity index (χ0v) is 18.0. The number of benzene rings is 2. The van der Waals surface area contributed by atoms with Crippen LogP contribution < -0.4 is 10.1 Å². The standard InChI is InChI=1S/C23H24Cl3NO/c24-15-10-19(25)22(20(26)11-15)14-8-16(13-4-2-1-3-5-13)23-17(9-14)18-12-27-7-6-21(18)28-23/h8-11,13,18,21,27H,1-7,12H2/t18-,21?/m0/s1. The Balaban J connectivity index is 1.67. The molecule has 5 rings (SSSR count). The van der Waals surface area contributed by atoms with Gasteiger partial charge in [0.05, 0.1) is 10.0 Å². The molecule has 2 atom stereocenters. The Bertz CT molecular complexity index is 884. The maximum Gasteiger partial charge on any atom is 0.126 e. The zero-order valence-electron chi connectivity index (χ0n) is 15.7. The van der Waals surface area contributed by atoms with Gasteiger partial charge in [0.15, 0.2) is 0 Å². The molecule has 148 valence electrons. The van der Waals surface area contributed by atoms with E-state index in [-0.39, 0.29) is 6.10 Å². The average Bonchev–Trinajstić information content (AvgIpc) is 3.06. The number of piperidine rings is 1. The van der Waals surface area contributed by atoms with Crippen LogP contribution in [0.25, 0.3) is 11.1 Å². The second-order valence-electron chi connectivity index (χ2n) is 8.32. The molecule has 0 radical (unpaired) electrons. The fourth-order valence-corrected chi connectivity index (χ4v) is 6.24. The van der Waals surface area contributed by atoms with Gasteiger partial charge < -0.3 is 10.1 Å². The number of halogens is 3. The van der Waals surface area contributed by atoms with E-state index in [2.05, 4.69) is 17.4 Å². The molecule has 1 unspecified atom stereocenters. The molecule has 2 nitrogen and oxygen atoms in total. The minimum Gasteiger partial charge on any atom is -0.489 e. The number of fused-ring (bicyclic) bond motifs is 3. The highest BCUT2D eigenvalue weighted by molar-refractivity contribution is 6.41. The molecule has 1 aliphatic carbocycles. The molecule has 2 aromatic carbocycles. The monoisotopic (exact) mass is 435 g/mol. The third-order valence-electron chi connectivity index (χ3n) is 6.57. The minimum atomic E-state index is 0.282. The summed E-state index contributed by atoms with van der Waals surface area (Å²) in [6.07, 6.45) is 7.72. The molecule has 2 aromatic rings. The van der Waals surface area contributed by atoms with Crippen molar-refractivity contribution in [1.82, 2.24) is 5.32 Å². The van der Waals surface area contributed by atoms with Crippen molar-refractivity contribution < 1.29 is 4.74 Å². The molecular weight excluding hydrogens is 413 g/mol. The fraction of sp³-hybridized carbons (Fsp3) is 0.478. The first-order valence-corrected chi connectivity index (χ1v) is 11.5. The van der Waals surface area contributed by atoms with Crippen LogP contribution in [0, 0.1) is 0 Å². The minimum absolute atomic E-state index is 0.282. The van der Waals surface area contributed by atoms with Crippen molar-refractivity contribution in [2.75, 3.05) is 13.1 Å². The van der Waals surface area contributed by atoms with E-state index in [1.165, 1.54) is 43.2 Å². The van der Waals surface area contributed by atoms with Crippen molar-refractivity contribution in [3.05, 3.63) is 50.5 Å². The molecule has 1 saturated heterocycles. The first kappa shape index (κ1) is 19.1. The molecule has 1 N–H and O–H groups in total. The predicted molar refractivity (Wildman–Crippen MR) is 117 cm³/mol. The molecule has 5 heteroatoms. The topological polar surface area (TPSA) is 21.3 Å². The van der Waals surface area contributed by atoms with E-state index in [0.29, 0.717) is 26.9 Å². The molecule has 28 heavy (non-hydrogen) atoms. The normalized spacial score (nSPS) is 24.5. The molecule has 0 amide bonds. The van der Waals surface area contributed by atoms with Gasteiger partial charge in [-0.1, -0.05) is 54.1 Å². The SMILES string of the molecule is Clc1cc(Cl)c(-c2cc(C3CCCCC3)c3c(c2)[C@@H]2CNCCC2O3)c(Cl)c1. The number of ether oxygens (including phenoxy) is 1. The Hall–Kier alpha value is -0.930. The Morgan fingerprint density at radius 3 is 2.32 bits per heavy atom. The fourth-order valence-electron chi connectivity index (χ4n) is 5.20. The lowest BCUT2D eigenvalue weighted by Crippen LogP contribution is -2.37. The smallest absolute Gasteiger partial charge is 0.126 e. The van der Waals surface area contributed by atoms with Crippen molar-refractivity contribution in [3.63, 3.8) is 0 Å². The van der Waals surface area contributed by atoms with E-state index in [1.54, 1.807) is 12.1 Å². The van der Waals surface area contributed by atoms with Gasteiger partial charge in [0.1, 0.15) is 11.9 Å². The molecule has 0 aromatic heterocycles. The van der Waals surface area contributed by atoms with E-state index in [0.717, 1.165) is 36.4 Å². The van der Waals surface area contributed by atoms with Crippen LogP contribution in [0.15, 0.2) is 24.3 Å². The summed E-state index contributed by atoms with van der Waals surface area (Å²) in [5.74, 6) is 2.09. The lowest BCUT2D eigenvalue weighted by molar-refractivity contribution is 0.170. The van der Waals surface area contributed by atoms with Crippen LogP contribution in [0.2, 0.25) is 15.1 Å². The predicted octanol–water partition coefficient (Wildman–Crippen LogP) is 7.20. The van der Waals surface area contributed by atoms with E-state index in [1.807, 2.05) is 0 Å². The van der Waals surface area contributed by atoms with Gasteiger partial charge in [0, 0.05) is 28.6 Å². The van der Waals surface area contributed by atoms with Crippen LogP contribution >= 0.6 is 34.8 Å². The van der Waals surface area contributed by atoms with Crippen molar-refractivity contribution in [3.8, 4) is 16.9 Å². The number of rotatable bonds is 2. The molecule has 2 aliphatic heterocycles. The summed E-state index contributed by atoms with van der Waals surface area (Å²) < 4.78 is 6.54. The van der Waals surface area contributed by atoms with Crippen LogP contribution in [-0.4, -0.2) is 19.2 Å². The van der Waals surface area contributed by atoms with Crippen molar-refractivity contribution >= 4 is 34.8 Å². The summed E-state index contributed by atoms with van der Waals surface area (Å²) in [6.45, 7) is 1.99. The summed E-state index contributed by atoms with van der Waals surface area (Å²) in [5, 5.41) is 5.30. The van der Waals surface area contributed by atoms with Crippen molar-refractivity contribution in [1.29, 1.82) is 0 Å². The number of nitrogens with one attached hydrogen (secondary N) is 1.